The van der Waals surface area contributed by atoms with E-state index in [-0.39, 0.29) is 17.5 Å². The van der Waals surface area contributed by atoms with Crippen LogP contribution in [0.1, 0.15) is 65.9 Å². The molecule has 5 heterocycles. The summed E-state index contributed by atoms with van der Waals surface area (Å²) in [4.78, 5) is 43.4. The molecule has 1 aromatic carbocycles. The van der Waals surface area contributed by atoms with E-state index < -0.39 is 0 Å². The van der Waals surface area contributed by atoms with E-state index in [2.05, 4.69) is 52.4 Å². The number of likely N-dealkylation sites (tertiary alicyclic amines) is 1. The molecule has 1 unspecified atom stereocenters. The van der Waals surface area contributed by atoms with E-state index in [4.69, 9.17) is 4.98 Å². The van der Waals surface area contributed by atoms with E-state index in [1.165, 1.54) is 36.4 Å². The first kappa shape index (κ1) is 27.7. The van der Waals surface area contributed by atoms with Crippen LogP contribution in [0.5, 0.6) is 0 Å². The first-order valence-corrected chi connectivity index (χ1v) is 15.8. The Morgan fingerprint density at radius 1 is 1.15 bits per heavy atom. The van der Waals surface area contributed by atoms with Gasteiger partial charge in [-0.3, -0.25) is 9.59 Å². The molecule has 0 saturated carbocycles. The van der Waals surface area contributed by atoms with Gasteiger partial charge in [0.05, 0.1) is 16.7 Å². The summed E-state index contributed by atoms with van der Waals surface area (Å²) >= 11 is 1.76. The molecule has 9 heteroatoms. The molecular weight excluding hydrogens is 532 g/mol. The number of H-pyrrole nitrogens is 2. The van der Waals surface area contributed by atoms with Gasteiger partial charge in [-0.1, -0.05) is 13.3 Å². The van der Waals surface area contributed by atoms with Crippen LogP contribution >= 0.6 is 11.3 Å². The van der Waals surface area contributed by atoms with Crippen LogP contribution in [0.15, 0.2) is 40.6 Å². The number of nitrogens with zero attached hydrogens (tertiary/aromatic N) is 3. The standard InChI is InChI=1S/C32H40N6O2S/c1-4-7-22(17-37-11-5-6-12-37)18-38-19-23-15-26-27(16-24(23)32(38)40)36-30(35-26)29-25(8-10-33-31(29)39)34-21(3)14-28-20(2)9-13-41-28/h8-10,13,15-16,21-22H,4-7,11-12,14,17-19H2,1-3H3,(H,35,36)(H2,33,34,39)/t21-,22?/m0/s1. The lowest BCUT2D eigenvalue weighted by Gasteiger charge is -2.27. The molecule has 8 nitrogen and oxygen atoms in total. The van der Waals surface area contributed by atoms with Crippen LogP contribution in [0, 0.1) is 12.8 Å². The van der Waals surface area contributed by atoms with Crippen molar-refractivity contribution in [3.63, 3.8) is 0 Å². The van der Waals surface area contributed by atoms with Crippen LogP contribution in [0.25, 0.3) is 22.4 Å². The normalized spacial score (nSPS) is 17.0. The van der Waals surface area contributed by atoms with Crippen molar-refractivity contribution in [3.8, 4) is 11.4 Å². The van der Waals surface area contributed by atoms with Crippen molar-refractivity contribution in [1.82, 2.24) is 24.8 Å². The smallest absolute Gasteiger partial charge is 0.261 e. The molecule has 1 fully saturated rings. The van der Waals surface area contributed by atoms with Gasteiger partial charge in [-0.05, 0) is 92.9 Å². The third kappa shape index (κ3) is 5.83. The highest BCUT2D eigenvalue weighted by molar-refractivity contribution is 7.10. The molecule has 0 radical (unpaired) electrons. The Balaban J connectivity index is 1.22. The fourth-order valence-corrected chi connectivity index (χ4v) is 7.51. The minimum Gasteiger partial charge on any atom is -0.381 e. The van der Waals surface area contributed by atoms with Gasteiger partial charge in [-0.2, -0.15) is 0 Å². The number of nitrogens with one attached hydrogen (secondary N) is 3. The van der Waals surface area contributed by atoms with E-state index in [1.807, 2.05) is 23.1 Å². The Bertz CT molecular complexity index is 1600. The topological polar surface area (TPSA) is 97.1 Å². The van der Waals surface area contributed by atoms with E-state index in [0.717, 1.165) is 54.7 Å². The van der Waals surface area contributed by atoms with Crippen molar-refractivity contribution in [2.75, 3.05) is 31.5 Å². The quantitative estimate of drug-likeness (QED) is 0.211. The summed E-state index contributed by atoms with van der Waals surface area (Å²) < 4.78 is 0. The van der Waals surface area contributed by atoms with Crippen molar-refractivity contribution < 1.29 is 4.79 Å². The van der Waals surface area contributed by atoms with Crippen LogP contribution in [-0.4, -0.2) is 62.9 Å². The summed E-state index contributed by atoms with van der Waals surface area (Å²) in [5, 5.41) is 5.65. The van der Waals surface area contributed by atoms with E-state index in [1.54, 1.807) is 17.5 Å². The molecule has 2 atom stereocenters. The molecule has 4 aromatic rings. The minimum atomic E-state index is -0.205. The SMILES string of the molecule is CCCC(CN1CCCC1)CN1Cc2cc3[nH]c(-c4c(N[C@@H](C)Cc5sccc5C)cc[nH]c4=O)nc3cc2C1=O. The van der Waals surface area contributed by atoms with Gasteiger partial charge in [-0.15, -0.1) is 11.3 Å². The average molecular weight is 573 g/mol. The zero-order valence-corrected chi connectivity index (χ0v) is 25.1. The number of hydrogen-bond donors (Lipinski definition) is 3. The van der Waals surface area contributed by atoms with Gasteiger partial charge in [-0.25, -0.2) is 4.98 Å². The molecule has 0 aliphatic carbocycles. The summed E-state index contributed by atoms with van der Waals surface area (Å²) in [6.45, 7) is 11.3. The van der Waals surface area contributed by atoms with E-state index >= 15 is 0 Å². The fourth-order valence-electron chi connectivity index (χ4n) is 6.48. The predicted octanol–water partition coefficient (Wildman–Crippen LogP) is 5.80. The lowest BCUT2D eigenvalue weighted by Crippen LogP contribution is -2.36. The fraction of sp³-hybridized carbons (Fsp3) is 0.469. The highest BCUT2D eigenvalue weighted by atomic mass is 32.1. The monoisotopic (exact) mass is 572 g/mol. The second kappa shape index (κ2) is 11.8. The number of imidazole rings is 1. The summed E-state index contributed by atoms with van der Waals surface area (Å²) in [6.07, 6.45) is 7.37. The van der Waals surface area contributed by atoms with Gasteiger partial charge in [0.15, 0.2) is 0 Å². The van der Waals surface area contributed by atoms with Gasteiger partial charge < -0.3 is 25.1 Å². The minimum absolute atomic E-state index is 0.0894. The van der Waals surface area contributed by atoms with Crippen LogP contribution < -0.4 is 10.9 Å². The number of carbonyl (C=O) groups is 1. The van der Waals surface area contributed by atoms with Gasteiger partial charge >= 0.3 is 0 Å². The number of amides is 1. The molecule has 216 valence electrons. The lowest BCUT2D eigenvalue weighted by molar-refractivity contribution is 0.0734. The Morgan fingerprint density at radius 2 is 1.98 bits per heavy atom. The van der Waals surface area contributed by atoms with Crippen molar-refractivity contribution in [2.45, 2.75) is 65.5 Å². The first-order valence-electron chi connectivity index (χ1n) is 15.0. The average Bonchev–Trinajstić information content (AvgIpc) is 3.73. The zero-order chi connectivity index (χ0) is 28.5. The van der Waals surface area contributed by atoms with Crippen LogP contribution in [-0.2, 0) is 13.0 Å². The van der Waals surface area contributed by atoms with Crippen LogP contribution in [0.2, 0.25) is 0 Å². The Kier molecular flexibility index (Phi) is 7.99. The number of anilines is 1. The molecular formula is C32H40N6O2S. The number of fused-ring (bicyclic) bond motifs is 2. The first-order chi connectivity index (χ1) is 19.9. The Morgan fingerprint density at radius 3 is 2.73 bits per heavy atom. The summed E-state index contributed by atoms with van der Waals surface area (Å²) in [6, 6.07) is 8.10. The number of aromatic amines is 2. The van der Waals surface area contributed by atoms with Gasteiger partial charge in [0, 0.05) is 48.7 Å². The molecule has 3 N–H and O–H groups in total. The van der Waals surface area contributed by atoms with Crippen molar-refractivity contribution >= 4 is 34.0 Å². The Hall–Kier alpha value is -3.43. The number of rotatable bonds is 11. The molecule has 0 spiro atoms. The maximum absolute atomic E-state index is 13.5. The Labute approximate surface area is 245 Å². The number of aromatic nitrogens is 3. The lowest BCUT2D eigenvalue weighted by atomic mass is 10.0. The summed E-state index contributed by atoms with van der Waals surface area (Å²) in [5.41, 5.74) is 5.60. The number of carbonyl (C=O) groups excluding carboxylic acids is 1. The third-order valence-electron chi connectivity index (χ3n) is 8.54. The number of aryl methyl sites for hydroxylation is 1. The largest absolute Gasteiger partial charge is 0.381 e. The summed E-state index contributed by atoms with van der Waals surface area (Å²) in [7, 11) is 0. The second-order valence-electron chi connectivity index (χ2n) is 11.8. The maximum Gasteiger partial charge on any atom is 0.261 e. The summed E-state index contributed by atoms with van der Waals surface area (Å²) in [5.74, 6) is 1.09. The molecule has 1 amide bonds. The second-order valence-corrected chi connectivity index (χ2v) is 12.8. The molecule has 2 aliphatic rings. The molecule has 1 saturated heterocycles. The highest BCUT2D eigenvalue weighted by Crippen LogP contribution is 2.31. The zero-order valence-electron chi connectivity index (χ0n) is 24.3. The van der Waals surface area contributed by atoms with Gasteiger partial charge in [0.2, 0.25) is 0 Å². The number of benzene rings is 1. The van der Waals surface area contributed by atoms with E-state index in [9.17, 15) is 9.59 Å². The van der Waals surface area contributed by atoms with Gasteiger partial charge in [0.1, 0.15) is 11.4 Å². The number of hydrogen-bond acceptors (Lipinski definition) is 6. The molecule has 0 bridgehead atoms. The van der Waals surface area contributed by atoms with Crippen molar-refractivity contribution in [1.29, 1.82) is 0 Å². The number of pyridine rings is 1. The maximum atomic E-state index is 13.5. The molecule has 2 aliphatic heterocycles. The molecule has 41 heavy (non-hydrogen) atoms. The van der Waals surface area contributed by atoms with Crippen LogP contribution in [0.3, 0.4) is 0 Å². The van der Waals surface area contributed by atoms with E-state index in [0.29, 0.717) is 29.4 Å². The van der Waals surface area contributed by atoms with Crippen LogP contribution in [0.4, 0.5) is 5.69 Å². The molecule has 3 aromatic heterocycles. The highest BCUT2D eigenvalue weighted by Gasteiger charge is 2.31. The van der Waals surface area contributed by atoms with Crippen molar-refractivity contribution in [3.05, 3.63) is 67.8 Å². The number of thiophene rings is 1. The van der Waals surface area contributed by atoms with Crippen molar-refractivity contribution in [2.24, 2.45) is 5.92 Å². The van der Waals surface area contributed by atoms with Gasteiger partial charge in [0.25, 0.3) is 11.5 Å². The third-order valence-corrected chi connectivity index (χ3v) is 9.58. The molecule has 6 rings (SSSR count). The predicted molar refractivity (Wildman–Crippen MR) is 167 cm³/mol.